The molecule has 3 rings (SSSR count). The molecule has 0 amide bonds. The van der Waals surface area contributed by atoms with Gasteiger partial charge in [-0.3, -0.25) is 14.8 Å². The minimum absolute atomic E-state index is 0.119. The van der Waals surface area contributed by atoms with Crippen molar-refractivity contribution in [3.8, 4) is 0 Å². The Labute approximate surface area is 207 Å². The Hall–Kier alpha value is -2.49. The van der Waals surface area contributed by atoms with Crippen LogP contribution in [0.25, 0.3) is 0 Å². The van der Waals surface area contributed by atoms with E-state index in [1.807, 2.05) is 27.7 Å². The van der Waals surface area contributed by atoms with Gasteiger partial charge in [-0.15, -0.1) is 6.58 Å². The van der Waals surface area contributed by atoms with Gasteiger partial charge < -0.3 is 14.4 Å². The normalized spacial score (nSPS) is 28.2. The number of aromatic nitrogens is 2. The van der Waals surface area contributed by atoms with Crippen LogP contribution in [0.2, 0.25) is 0 Å². The monoisotopic (exact) mass is 487 g/mol. The molecule has 1 fully saturated rings. The van der Waals surface area contributed by atoms with E-state index in [0.29, 0.717) is 31.9 Å². The van der Waals surface area contributed by atoms with Gasteiger partial charge >= 0.3 is 0 Å². The van der Waals surface area contributed by atoms with E-state index in [2.05, 4.69) is 38.3 Å². The predicted octanol–water partition coefficient (Wildman–Crippen LogP) is 4.19. The number of piperazine rings is 1. The first-order valence-electron chi connectivity index (χ1n) is 11.9. The fourth-order valence-corrected chi connectivity index (χ4v) is 4.70. The number of halogens is 1. The number of hydrogen-bond acceptors (Lipinski definition) is 8. The molecule has 1 aromatic rings. The van der Waals surface area contributed by atoms with Crippen molar-refractivity contribution < 1.29 is 18.7 Å². The van der Waals surface area contributed by atoms with Gasteiger partial charge in [0.05, 0.1) is 23.9 Å². The second-order valence-electron chi connectivity index (χ2n) is 10.8. The summed E-state index contributed by atoms with van der Waals surface area (Å²) in [6, 6.07) is 0. The van der Waals surface area contributed by atoms with Crippen LogP contribution in [-0.4, -0.2) is 77.0 Å². The van der Waals surface area contributed by atoms with Crippen LogP contribution < -0.4 is 4.90 Å². The van der Waals surface area contributed by atoms with Gasteiger partial charge in [-0.05, 0) is 54.0 Å². The van der Waals surface area contributed by atoms with Crippen LogP contribution in [0.15, 0.2) is 41.7 Å². The van der Waals surface area contributed by atoms with Crippen LogP contribution in [-0.2, 0) is 9.47 Å². The van der Waals surface area contributed by atoms with Gasteiger partial charge in [0.2, 0.25) is 12.2 Å². The smallest absolute Gasteiger partial charge is 0.219 e. The molecule has 8 nitrogen and oxygen atoms in total. The largest absolute Gasteiger partial charge is 0.352 e. The molecule has 0 saturated carbocycles. The van der Waals surface area contributed by atoms with Crippen molar-refractivity contribution in [3.63, 3.8) is 0 Å². The molecular formula is C26H38FN5O3. The molecule has 2 aliphatic rings. The topological polar surface area (TPSA) is 80.2 Å². The van der Waals surface area contributed by atoms with Gasteiger partial charge in [-0.2, -0.15) is 0 Å². The van der Waals surface area contributed by atoms with Crippen LogP contribution in [0.4, 0.5) is 10.2 Å². The molecular weight excluding hydrogens is 449 g/mol. The third-order valence-corrected chi connectivity index (χ3v) is 6.19. The number of anilines is 1. The van der Waals surface area contributed by atoms with Gasteiger partial charge in [0, 0.05) is 38.5 Å². The standard InChI is InChI=1S/C26H38FN5O3/c1-18(2)14-25(6)17-31(12-13-32(25)23(34-8)35-24(3,4)5)21-16-28-15-20(30-21)22(33)19-10-9-11-29-26(19,7)27/h9-11,15-16,19,23H,1,12-14,17H2,2-8H3. The maximum absolute atomic E-state index is 14.9. The van der Waals surface area contributed by atoms with E-state index >= 15 is 0 Å². The van der Waals surface area contributed by atoms with Gasteiger partial charge in [0.1, 0.15) is 11.5 Å². The Kier molecular flexibility index (Phi) is 7.93. The number of alkyl halides is 1. The third-order valence-electron chi connectivity index (χ3n) is 6.19. The molecule has 0 N–H and O–H groups in total. The molecule has 0 aliphatic carbocycles. The average Bonchev–Trinajstić information content (AvgIpc) is 2.75. The summed E-state index contributed by atoms with van der Waals surface area (Å²) in [5.74, 6) is -2.94. The lowest BCUT2D eigenvalue weighted by Gasteiger charge is -2.52. The lowest BCUT2D eigenvalue weighted by molar-refractivity contribution is -0.274. The molecule has 192 valence electrons. The van der Waals surface area contributed by atoms with Crippen LogP contribution in [0.1, 0.15) is 58.5 Å². The fraction of sp³-hybridized carbons (Fsp3) is 0.615. The van der Waals surface area contributed by atoms with Gasteiger partial charge in [-0.1, -0.05) is 11.6 Å². The quantitative estimate of drug-likeness (QED) is 0.235. The molecule has 4 unspecified atom stereocenters. The first-order valence-corrected chi connectivity index (χ1v) is 11.9. The van der Waals surface area contributed by atoms with Crippen LogP contribution in [0.3, 0.4) is 0 Å². The SMILES string of the molecule is C=C(C)CC1(C)CN(c2cncc(C(=O)C3C=CC=NC3(C)F)n2)CCN1C(OC)OC(C)(C)C. The Bertz CT molecular complexity index is 1000. The van der Waals surface area contributed by atoms with Gasteiger partial charge in [0.25, 0.3) is 0 Å². The summed E-state index contributed by atoms with van der Waals surface area (Å²) in [4.78, 5) is 30.1. The maximum atomic E-state index is 14.9. The van der Waals surface area contributed by atoms with E-state index in [0.717, 1.165) is 5.57 Å². The lowest BCUT2D eigenvalue weighted by Crippen LogP contribution is -2.65. The number of ketones is 1. The van der Waals surface area contributed by atoms with Crippen LogP contribution in [0.5, 0.6) is 0 Å². The van der Waals surface area contributed by atoms with E-state index in [1.54, 1.807) is 19.4 Å². The summed E-state index contributed by atoms with van der Waals surface area (Å²) in [5.41, 5.74) is 0.389. The molecule has 1 aromatic heterocycles. The highest BCUT2D eigenvalue weighted by Gasteiger charge is 2.44. The molecule has 2 aliphatic heterocycles. The van der Waals surface area contributed by atoms with Gasteiger partial charge in [0.15, 0.2) is 5.78 Å². The highest BCUT2D eigenvalue weighted by atomic mass is 19.1. The van der Waals surface area contributed by atoms with Crippen molar-refractivity contribution in [1.29, 1.82) is 0 Å². The molecule has 4 atom stereocenters. The summed E-state index contributed by atoms with van der Waals surface area (Å²) in [6.07, 6.45) is 7.67. The Morgan fingerprint density at radius 2 is 2.03 bits per heavy atom. The molecule has 0 bridgehead atoms. The molecule has 0 radical (unpaired) electrons. The van der Waals surface area contributed by atoms with Crippen LogP contribution >= 0.6 is 0 Å². The Morgan fingerprint density at radius 1 is 1.31 bits per heavy atom. The molecule has 0 spiro atoms. The van der Waals surface area contributed by atoms with E-state index in [4.69, 9.17) is 9.47 Å². The number of Topliss-reactive ketones (excluding diaryl/α,β-unsaturated/α-hetero) is 1. The summed E-state index contributed by atoms with van der Waals surface area (Å²) < 4.78 is 26.8. The molecule has 0 aromatic carbocycles. The average molecular weight is 488 g/mol. The fourth-order valence-electron chi connectivity index (χ4n) is 4.70. The van der Waals surface area contributed by atoms with E-state index in [1.165, 1.54) is 25.4 Å². The highest BCUT2D eigenvalue weighted by Crippen LogP contribution is 2.34. The molecule has 9 heteroatoms. The van der Waals surface area contributed by atoms with Crippen molar-refractivity contribution in [1.82, 2.24) is 14.9 Å². The molecule has 1 saturated heterocycles. The van der Waals surface area contributed by atoms with E-state index in [-0.39, 0.29) is 16.8 Å². The number of allylic oxidation sites excluding steroid dienone is 1. The summed E-state index contributed by atoms with van der Waals surface area (Å²) >= 11 is 0. The Balaban J connectivity index is 1.86. The Morgan fingerprint density at radius 3 is 2.63 bits per heavy atom. The number of rotatable bonds is 8. The first-order chi connectivity index (χ1) is 16.3. The minimum atomic E-state index is -2.02. The number of carbonyl (C=O) groups is 1. The van der Waals surface area contributed by atoms with E-state index < -0.39 is 23.9 Å². The lowest BCUT2D eigenvalue weighted by atomic mass is 9.89. The zero-order chi connectivity index (χ0) is 26.0. The zero-order valence-corrected chi connectivity index (χ0v) is 21.9. The molecule has 3 heterocycles. The number of ether oxygens (including phenoxy) is 2. The van der Waals surface area contributed by atoms with E-state index in [9.17, 15) is 9.18 Å². The van der Waals surface area contributed by atoms with Crippen molar-refractivity contribution in [2.24, 2.45) is 10.9 Å². The maximum Gasteiger partial charge on any atom is 0.219 e. The van der Waals surface area contributed by atoms with Crippen molar-refractivity contribution in [2.45, 2.75) is 71.3 Å². The van der Waals surface area contributed by atoms with Crippen molar-refractivity contribution in [2.75, 3.05) is 31.6 Å². The highest BCUT2D eigenvalue weighted by molar-refractivity contribution is 5.99. The number of carbonyl (C=O) groups excluding carboxylic acids is 1. The summed E-state index contributed by atoms with van der Waals surface area (Å²) in [6.45, 7) is 17.4. The number of methoxy groups -OCH3 is 1. The number of aliphatic imine (C=N–C) groups is 1. The third kappa shape index (κ3) is 6.39. The number of nitrogens with zero attached hydrogens (tertiary/aromatic N) is 5. The second-order valence-corrected chi connectivity index (χ2v) is 10.8. The summed E-state index contributed by atoms with van der Waals surface area (Å²) in [7, 11) is 1.65. The minimum Gasteiger partial charge on any atom is -0.352 e. The van der Waals surface area contributed by atoms with Crippen molar-refractivity contribution >= 4 is 17.8 Å². The van der Waals surface area contributed by atoms with Crippen LogP contribution in [0, 0.1) is 5.92 Å². The van der Waals surface area contributed by atoms with Gasteiger partial charge in [-0.25, -0.2) is 14.3 Å². The number of hydrogen-bond donors (Lipinski definition) is 0. The second kappa shape index (κ2) is 10.2. The predicted molar refractivity (Wildman–Crippen MR) is 135 cm³/mol. The van der Waals surface area contributed by atoms with Crippen molar-refractivity contribution in [3.05, 3.63) is 42.4 Å². The zero-order valence-electron chi connectivity index (χ0n) is 21.9. The first kappa shape index (κ1) is 27.1. The summed E-state index contributed by atoms with van der Waals surface area (Å²) in [5, 5.41) is 0. The molecule has 35 heavy (non-hydrogen) atoms. The number of dihydropyridines is 1.